The molecular weight excluding hydrogens is 302 g/mol. The Morgan fingerprint density at radius 2 is 2.24 bits per heavy atom. The van der Waals surface area contributed by atoms with Crippen molar-refractivity contribution in [1.29, 1.82) is 0 Å². The first-order valence-corrected chi connectivity index (χ1v) is 9.12. The first-order chi connectivity index (χ1) is 10.0. The molecule has 21 heavy (non-hydrogen) atoms. The molecule has 0 radical (unpaired) electrons. The van der Waals surface area contributed by atoms with Crippen LogP contribution in [0, 0.1) is 0 Å². The average Bonchev–Trinajstić information content (AvgIpc) is 2.60. The van der Waals surface area contributed by atoms with Crippen LogP contribution in [0.4, 0.5) is 5.82 Å². The summed E-state index contributed by atoms with van der Waals surface area (Å²) in [5.74, 6) is 2.07. The van der Waals surface area contributed by atoms with E-state index in [-0.39, 0.29) is 0 Å². The van der Waals surface area contributed by atoms with Crippen LogP contribution in [-0.2, 0) is 6.54 Å². The van der Waals surface area contributed by atoms with Crippen molar-refractivity contribution in [3.05, 3.63) is 22.8 Å². The zero-order valence-electron chi connectivity index (χ0n) is 13.3. The second kappa shape index (κ2) is 7.70. The van der Waals surface area contributed by atoms with Gasteiger partial charge in [-0.15, -0.1) is 0 Å². The molecule has 5 heteroatoms. The Labute approximate surface area is 137 Å². The number of nitrogens with one attached hydrogen (secondary N) is 1. The molecule has 1 aromatic heterocycles. The number of hydrogen-bond donors (Lipinski definition) is 1. The van der Waals surface area contributed by atoms with Gasteiger partial charge in [-0.3, -0.25) is 0 Å². The molecule has 0 unspecified atom stereocenters. The third-order valence-corrected chi connectivity index (χ3v) is 5.42. The minimum atomic E-state index is 0.352. The molecular formula is C16H26ClN3S. The number of anilines is 1. The van der Waals surface area contributed by atoms with Gasteiger partial charge in [0.05, 0.1) is 5.02 Å². The Kier molecular flexibility index (Phi) is 6.20. The van der Waals surface area contributed by atoms with Crippen LogP contribution in [-0.4, -0.2) is 35.1 Å². The molecule has 1 aliphatic heterocycles. The number of rotatable bonds is 5. The molecule has 0 saturated carbocycles. The van der Waals surface area contributed by atoms with Crippen molar-refractivity contribution in [2.24, 2.45) is 0 Å². The summed E-state index contributed by atoms with van der Waals surface area (Å²) in [4.78, 5) is 6.94. The molecule has 0 atom stereocenters. The third-order valence-electron chi connectivity index (χ3n) is 3.77. The molecule has 1 aliphatic rings. The number of pyridine rings is 1. The molecule has 3 nitrogen and oxygen atoms in total. The zero-order chi connectivity index (χ0) is 15.3. The highest BCUT2D eigenvalue weighted by atomic mass is 35.5. The smallest absolute Gasteiger partial charge is 0.147 e. The lowest BCUT2D eigenvalue weighted by Gasteiger charge is -2.24. The lowest BCUT2D eigenvalue weighted by Crippen LogP contribution is -2.28. The topological polar surface area (TPSA) is 28.2 Å². The molecule has 2 rings (SSSR count). The summed E-state index contributed by atoms with van der Waals surface area (Å²) < 4.78 is 0.352. The summed E-state index contributed by atoms with van der Waals surface area (Å²) in [6, 6.07) is 2.05. The molecule has 0 aliphatic carbocycles. The van der Waals surface area contributed by atoms with Crippen LogP contribution in [0.15, 0.2) is 12.3 Å². The second-order valence-electron chi connectivity index (χ2n) is 6.17. The molecule has 1 N–H and O–H groups in total. The highest BCUT2D eigenvalue weighted by molar-refractivity contribution is 8.00. The van der Waals surface area contributed by atoms with Crippen molar-refractivity contribution in [1.82, 2.24) is 10.3 Å². The highest BCUT2D eigenvalue weighted by Crippen LogP contribution is 2.33. The largest absolute Gasteiger partial charge is 0.355 e. The van der Waals surface area contributed by atoms with E-state index in [1.165, 1.54) is 0 Å². The van der Waals surface area contributed by atoms with E-state index in [4.69, 9.17) is 11.6 Å². The maximum atomic E-state index is 6.46. The number of halogens is 1. The van der Waals surface area contributed by atoms with E-state index in [1.807, 2.05) is 18.0 Å². The SMILES string of the molecule is CCCNCc1cnc(N2CCSC(C)(C)CC2)c(Cl)c1. The van der Waals surface area contributed by atoms with Gasteiger partial charge in [0.1, 0.15) is 5.82 Å². The van der Waals surface area contributed by atoms with Gasteiger partial charge in [-0.1, -0.05) is 32.4 Å². The molecule has 1 aromatic rings. The molecule has 1 fully saturated rings. The van der Waals surface area contributed by atoms with E-state index in [0.717, 1.165) is 61.2 Å². The Hall–Kier alpha value is -0.450. The maximum Gasteiger partial charge on any atom is 0.147 e. The standard InChI is InChI=1S/C16H26ClN3S/c1-4-6-18-11-13-10-14(17)15(19-12-13)20-7-5-16(2,3)21-9-8-20/h10,12,18H,4-9,11H2,1-3H3. The van der Waals surface area contributed by atoms with Crippen LogP contribution in [0.2, 0.25) is 5.02 Å². The minimum absolute atomic E-state index is 0.352. The summed E-state index contributed by atoms with van der Waals surface area (Å²) in [6.07, 6.45) is 4.25. The fourth-order valence-electron chi connectivity index (χ4n) is 2.44. The van der Waals surface area contributed by atoms with Gasteiger partial charge in [-0.2, -0.15) is 11.8 Å². The van der Waals surface area contributed by atoms with E-state index in [9.17, 15) is 0 Å². The fraction of sp³-hybridized carbons (Fsp3) is 0.688. The number of nitrogens with zero attached hydrogens (tertiary/aromatic N) is 2. The molecule has 1 saturated heterocycles. The summed E-state index contributed by atoms with van der Waals surface area (Å²) in [7, 11) is 0. The van der Waals surface area contributed by atoms with Crippen LogP contribution in [0.3, 0.4) is 0 Å². The summed E-state index contributed by atoms with van der Waals surface area (Å²) in [5.41, 5.74) is 1.15. The van der Waals surface area contributed by atoms with Crippen LogP contribution in [0.25, 0.3) is 0 Å². The fourth-order valence-corrected chi connectivity index (χ4v) is 3.85. The monoisotopic (exact) mass is 327 g/mol. The third kappa shape index (κ3) is 5.04. The molecule has 0 bridgehead atoms. The van der Waals surface area contributed by atoms with E-state index < -0.39 is 0 Å². The van der Waals surface area contributed by atoms with Gasteiger partial charge in [0.15, 0.2) is 0 Å². The van der Waals surface area contributed by atoms with Crippen LogP contribution < -0.4 is 10.2 Å². The molecule has 118 valence electrons. The quantitative estimate of drug-likeness (QED) is 0.829. The van der Waals surface area contributed by atoms with Crippen LogP contribution in [0.1, 0.15) is 39.2 Å². The molecule has 0 aromatic carbocycles. The normalized spacial score (nSPS) is 18.6. The van der Waals surface area contributed by atoms with E-state index in [2.05, 4.69) is 42.0 Å². The summed E-state index contributed by atoms with van der Waals surface area (Å²) in [6.45, 7) is 10.7. The molecule has 0 amide bonds. The van der Waals surface area contributed by atoms with Gasteiger partial charge in [-0.25, -0.2) is 4.98 Å². The van der Waals surface area contributed by atoms with E-state index >= 15 is 0 Å². The lowest BCUT2D eigenvalue weighted by atomic mass is 10.1. The predicted molar refractivity (Wildman–Crippen MR) is 94.6 cm³/mol. The van der Waals surface area contributed by atoms with Crippen molar-refractivity contribution in [2.75, 3.05) is 30.3 Å². The van der Waals surface area contributed by atoms with Crippen molar-refractivity contribution in [3.8, 4) is 0 Å². The van der Waals surface area contributed by atoms with Crippen LogP contribution >= 0.6 is 23.4 Å². The van der Waals surface area contributed by atoms with Crippen molar-refractivity contribution in [3.63, 3.8) is 0 Å². The van der Waals surface area contributed by atoms with Gasteiger partial charge < -0.3 is 10.2 Å². The Bertz CT molecular complexity index is 465. The Morgan fingerprint density at radius 1 is 1.43 bits per heavy atom. The lowest BCUT2D eigenvalue weighted by molar-refractivity contribution is 0.634. The summed E-state index contributed by atoms with van der Waals surface area (Å²) in [5, 5.41) is 4.16. The molecule has 0 spiro atoms. The van der Waals surface area contributed by atoms with E-state index in [1.54, 1.807) is 0 Å². The van der Waals surface area contributed by atoms with Gasteiger partial charge in [0.25, 0.3) is 0 Å². The van der Waals surface area contributed by atoms with Gasteiger partial charge in [0, 0.05) is 36.3 Å². The highest BCUT2D eigenvalue weighted by Gasteiger charge is 2.25. The number of aromatic nitrogens is 1. The van der Waals surface area contributed by atoms with Crippen LogP contribution in [0.5, 0.6) is 0 Å². The average molecular weight is 328 g/mol. The minimum Gasteiger partial charge on any atom is -0.355 e. The van der Waals surface area contributed by atoms with Crippen molar-refractivity contribution >= 4 is 29.2 Å². The van der Waals surface area contributed by atoms with Gasteiger partial charge in [-0.05, 0) is 31.0 Å². The van der Waals surface area contributed by atoms with Gasteiger partial charge >= 0.3 is 0 Å². The zero-order valence-corrected chi connectivity index (χ0v) is 14.9. The first-order valence-electron chi connectivity index (χ1n) is 7.76. The summed E-state index contributed by atoms with van der Waals surface area (Å²) >= 11 is 8.50. The van der Waals surface area contributed by atoms with Gasteiger partial charge in [0.2, 0.25) is 0 Å². The van der Waals surface area contributed by atoms with E-state index in [0.29, 0.717) is 4.75 Å². The van der Waals surface area contributed by atoms with Crippen molar-refractivity contribution in [2.45, 2.75) is 44.9 Å². The first kappa shape index (κ1) is 16.9. The second-order valence-corrected chi connectivity index (χ2v) is 8.38. The maximum absolute atomic E-state index is 6.46. The Morgan fingerprint density at radius 3 is 2.95 bits per heavy atom. The Balaban J connectivity index is 2.03. The predicted octanol–water partition coefficient (Wildman–Crippen LogP) is 3.96. The van der Waals surface area contributed by atoms with Crippen molar-refractivity contribution < 1.29 is 0 Å². The molecule has 2 heterocycles. The number of hydrogen-bond acceptors (Lipinski definition) is 4. The number of thioether (sulfide) groups is 1.